The number of benzene rings is 1. The second-order valence-electron chi connectivity index (χ2n) is 4.21. The average molecular weight is 257 g/mol. The van der Waals surface area contributed by atoms with Gasteiger partial charge in [0.15, 0.2) is 0 Å². The molecule has 0 heterocycles. The van der Waals surface area contributed by atoms with Crippen LogP contribution >= 0.6 is 11.6 Å². The molecule has 0 bridgehead atoms. The lowest BCUT2D eigenvalue weighted by molar-refractivity contribution is 0.389. The summed E-state index contributed by atoms with van der Waals surface area (Å²) in [7, 11) is 3.57. The maximum Gasteiger partial charge on any atom is 0.137 e. The van der Waals surface area contributed by atoms with Crippen molar-refractivity contribution in [3.8, 4) is 5.75 Å². The van der Waals surface area contributed by atoms with E-state index in [0.717, 1.165) is 6.42 Å². The van der Waals surface area contributed by atoms with Crippen LogP contribution in [0.3, 0.4) is 0 Å². The normalized spacial score (nSPS) is 14.4. The molecule has 96 valence electrons. The van der Waals surface area contributed by atoms with Crippen molar-refractivity contribution in [2.24, 2.45) is 11.7 Å². The fraction of sp³-hybridized carbons (Fsp3) is 0.538. The minimum atomic E-state index is 0.266. The van der Waals surface area contributed by atoms with Crippen LogP contribution in [0.15, 0.2) is 18.2 Å². The highest BCUT2D eigenvalue weighted by atomic mass is 35.5. The number of nitrogens with one attached hydrogen (secondary N) is 1. The van der Waals surface area contributed by atoms with Crippen LogP contribution in [-0.4, -0.2) is 20.7 Å². The van der Waals surface area contributed by atoms with E-state index in [1.54, 1.807) is 7.11 Å². The summed E-state index contributed by atoms with van der Waals surface area (Å²) in [5.74, 6) is 1.17. The Balaban J connectivity index is 2.92. The molecular formula is C13H21ClN2O. The summed E-state index contributed by atoms with van der Waals surface area (Å²) in [6.07, 6.45) is 0.981. The zero-order valence-electron chi connectivity index (χ0n) is 10.7. The van der Waals surface area contributed by atoms with Crippen molar-refractivity contribution in [1.29, 1.82) is 0 Å². The minimum absolute atomic E-state index is 0.266. The summed E-state index contributed by atoms with van der Waals surface area (Å²) < 4.78 is 5.15. The molecule has 0 aliphatic carbocycles. The molecule has 0 saturated carbocycles. The molecule has 2 atom stereocenters. The first-order valence-electron chi connectivity index (χ1n) is 5.84. The Labute approximate surface area is 108 Å². The zero-order chi connectivity index (χ0) is 12.8. The molecule has 1 rings (SSSR count). The maximum absolute atomic E-state index is 6.13. The van der Waals surface area contributed by atoms with Crippen molar-refractivity contribution in [2.45, 2.75) is 19.4 Å². The molecule has 0 aliphatic heterocycles. The molecule has 0 amide bonds. The van der Waals surface area contributed by atoms with E-state index in [2.05, 4.69) is 12.2 Å². The predicted octanol–water partition coefficient (Wildman–Crippen LogP) is 2.59. The quantitative estimate of drug-likeness (QED) is 0.823. The Bertz CT molecular complexity index is 357. The Morgan fingerprint density at radius 3 is 2.65 bits per heavy atom. The number of methoxy groups -OCH3 is 1. The summed E-state index contributed by atoms with van der Waals surface area (Å²) in [6.45, 7) is 2.88. The van der Waals surface area contributed by atoms with Crippen LogP contribution in [0.2, 0.25) is 5.02 Å². The number of nitrogens with two attached hydrogens (primary N) is 1. The molecule has 0 aromatic heterocycles. The van der Waals surface area contributed by atoms with E-state index in [1.165, 1.54) is 5.56 Å². The number of rotatable bonds is 6. The van der Waals surface area contributed by atoms with Crippen LogP contribution in [0.1, 0.15) is 24.9 Å². The van der Waals surface area contributed by atoms with Gasteiger partial charge in [0, 0.05) is 6.04 Å². The number of ether oxygens (including phenoxy) is 1. The third kappa shape index (κ3) is 3.60. The topological polar surface area (TPSA) is 47.3 Å². The van der Waals surface area contributed by atoms with E-state index in [-0.39, 0.29) is 6.04 Å². The third-order valence-electron chi connectivity index (χ3n) is 3.04. The molecule has 0 aliphatic rings. The fourth-order valence-corrected chi connectivity index (χ4v) is 2.35. The highest BCUT2D eigenvalue weighted by molar-refractivity contribution is 6.32. The van der Waals surface area contributed by atoms with Gasteiger partial charge >= 0.3 is 0 Å². The van der Waals surface area contributed by atoms with Crippen molar-refractivity contribution >= 4 is 11.6 Å². The summed E-state index contributed by atoms with van der Waals surface area (Å²) in [4.78, 5) is 0. The molecule has 3 nitrogen and oxygen atoms in total. The van der Waals surface area contributed by atoms with E-state index in [9.17, 15) is 0 Å². The van der Waals surface area contributed by atoms with Crippen LogP contribution in [0, 0.1) is 5.92 Å². The summed E-state index contributed by atoms with van der Waals surface area (Å²) in [6, 6.07) is 6.16. The van der Waals surface area contributed by atoms with Crippen LogP contribution in [0.5, 0.6) is 5.75 Å². The van der Waals surface area contributed by atoms with Gasteiger partial charge < -0.3 is 15.8 Å². The van der Waals surface area contributed by atoms with Crippen molar-refractivity contribution in [3.05, 3.63) is 28.8 Å². The lowest BCUT2D eigenvalue weighted by Gasteiger charge is -2.24. The smallest absolute Gasteiger partial charge is 0.137 e. The standard InChI is InChI=1S/C13H21ClN2O/c1-9(6-7-15)13(16-2)10-4-5-12(17-3)11(14)8-10/h4-5,8-9,13,16H,6-7,15H2,1-3H3. The van der Waals surface area contributed by atoms with Gasteiger partial charge in [0.1, 0.15) is 5.75 Å². The Hall–Kier alpha value is -0.770. The van der Waals surface area contributed by atoms with Gasteiger partial charge in [-0.3, -0.25) is 0 Å². The molecule has 0 fully saturated rings. The van der Waals surface area contributed by atoms with Crippen molar-refractivity contribution < 1.29 is 4.74 Å². The highest BCUT2D eigenvalue weighted by Crippen LogP contribution is 2.30. The lowest BCUT2D eigenvalue weighted by atomic mass is 9.92. The Kier molecular flexibility index (Phi) is 5.75. The summed E-state index contributed by atoms with van der Waals surface area (Å²) in [5, 5.41) is 3.96. The van der Waals surface area contributed by atoms with Crippen molar-refractivity contribution in [3.63, 3.8) is 0 Å². The van der Waals surface area contributed by atoms with Crippen molar-refractivity contribution in [1.82, 2.24) is 5.32 Å². The van der Waals surface area contributed by atoms with Gasteiger partial charge in [-0.05, 0) is 43.6 Å². The van der Waals surface area contributed by atoms with E-state index >= 15 is 0 Å². The van der Waals surface area contributed by atoms with Gasteiger partial charge in [0.25, 0.3) is 0 Å². The Morgan fingerprint density at radius 1 is 1.47 bits per heavy atom. The van der Waals surface area contributed by atoms with E-state index in [1.807, 2.05) is 25.2 Å². The van der Waals surface area contributed by atoms with Crippen molar-refractivity contribution in [2.75, 3.05) is 20.7 Å². The van der Waals surface area contributed by atoms with Crippen LogP contribution in [0.25, 0.3) is 0 Å². The van der Waals surface area contributed by atoms with E-state index in [4.69, 9.17) is 22.1 Å². The minimum Gasteiger partial charge on any atom is -0.495 e. The van der Waals surface area contributed by atoms with Gasteiger partial charge in [-0.2, -0.15) is 0 Å². The van der Waals surface area contributed by atoms with Gasteiger partial charge in [-0.25, -0.2) is 0 Å². The van der Waals surface area contributed by atoms with Crippen LogP contribution < -0.4 is 15.8 Å². The first-order chi connectivity index (χ1) is 8.13. The monoisotopic (exact) mass is 256 g/mol. The molecule has 1 aromatic carbocycles. The van der Waals surface area contributed by atoms with Gasteiger partial charge in [0.05, 0.1) is 12.1 Å². The molecule has 0 spiro atoms. The number of hydrogen-bond donors (Lipinski definition) is 2. The van der Waals surface area contributed by atoms with E-state index < -0.39 is 0 Å². The summed E-state index contributed by atoms with van der Waals surface area (Å²) in [5.41, 5.74) is 6.77. The van der Waals surface area contributed by atoms with Crippen LogP contribution in [-0.2, 0) is 0 Å². The van der Waals surface area contributed by atoms with Gasteiger partial charge in [0.2, 0.25) is 0 Å². The largest absolute Gasteiger partial charge is 0.495 e. The molecule has 4 heteroatoms. The van der Waals surface area contributed by atoms with Crippen LogP contribution in [0.4, 0.5) is 0 Å². The molecule has 17 heavy (non-hydrogen) atoms. The lowest BCUT2D eigenvalue weighted by Crippen LogP contribution is -2.25. The average Bonchev–Trinajstić information content (AvgIpc) is 2.30. The molecule has 3 N–H and O–H groups in total. The SMILES string of the molecule is CNC(c1ccc(OC)c(Cl)c1)C(C)CCN. The maximum atomic E-state index is 6.13. The molecule has 0 saturated heterocycles. The Morgan fingerprint density at radius 2 is 2.18 bits per heavy atom. The summed E-state index contributed by atoms with van der Waals surface area (Å²) >= 11 is 6.13. The molecular weight excluding hydrogens is 236 g/mol. The van der Waals surface area contributed by atoms with Gasteiger partial charge in [-0.15, -0.1) is 0 Å². The highest BCUT2D eigenvalue weighted by Gasteiger charge is 2.17. The first kappa shape index (κ1) is 14.3. The second-order valence-corrected chi connectivity index (χ2v) is 4.62. The fourth-order valence-electron chi connectivity index (χ4n) is 2.09. The first-order valence-corrected chi connectivity index (χ1v) is 6.22. The predicted molar refractivity (Wildman–Crippen MR) is 72.6 cm³/mol. The van der Waals surface area contributed by atoms with E-state index in [0.29, 0.717) is 23.2 Å². The third-order valence-corrected chi connectivity index (χ3v) is 3.33. The van der Waals surface area contributed by atoms with Gasteiger partial charge in [-0.1, -0.05) is 24.6 Å². The second kappa shape index (κ2) is 6.84. The molecule has 1 aromatic rings. The zero-order valence-corrected chi connectivity index (χ0v) is 11.4. The molecule has 2 unspecified atom stereocenters. The number of hydrogen-bond acceptors (Lipinski definition) is 3. The number of halogens is 1. The molecule has 0 radical (unpaired) electrons.